The molecule has 0 aliphatic rings. The smallest absolute Gasteiger partial charge is 0.267 e. The van der Waals surface area contributed by atoms with Gasteiger partial charge in [-0.3, -0.25) is 0 Å². The molecule has 0 aliphatic carbocycles. The van der Waals surface area contributed by atoms with Crippen LogP contribution in [0.3, 0.4) is 0 Å². The molecule has 184 valence electrons. The first kappa shape index (κ1) is 27.5. The predicted octanol–water partition coefficient (Wildman–Crippen LogP) is 4.34. The molecular formula is C21H24Cl2F2N6O2S. The van der Waals surface area contributed by atoms with E-state index in [1.54, 1.807) is 0 Å². The number of aromatic nitrogens is 2. The maximum Gasteiger partial charge on any atom is 0.267 e. The second-order valence-corrected chi connectivity index (χ2v) is 9.32. The highest BCUT2D eigenvalue weighted by Gasteiger charge is 2.23. The van der Waals surface area contributed by atoms with E-state index in [9.17, 15) is 17.2 Å². The molecule has 3 rings (SSSR count). The van der Waals surface area contributed by atoms with Crippen molar-refractivity contribution in [2.24, 2.45) is 0 Å². The zero-order valence-electron chi connectivity index (χ0n) is 18.6. The van der Waals surface area contributed by atoms with Crippen LogP contribution in [0, 0.1) is 18.6 Å². The molecule has 0 bridgehead atoms. The average molecular weight is 533 g/mol. The number of likely N-dealkylation sites (N-methyl/N-ethyl adjacent to an activating group) is 2. The number of anilines is 4. The third-order valence-corrected chi connectivity index (χ3v) is 6.34. The van der Waals surface area contributed by atoms with E-state index in [4.69, 9.17) is 11.6 Å². The van der Waals surface area contributed by atoms with E-state index in [0.717, 1.165) is 48.9 Å². The summed E-state index contributed by atoms with van der Waals surface area (Å²) in [6.07, 6.45) is 1.57. The van der Waals surface area contributed by atoms with Gasteiger partial charge in [-0.2, -0.15) is 0 Å². The van der Waals surface area contributed by atoms with Gasteiger partial charge in [-0.15, -0.1) is 12.4 Å². The quantitative estimate of drug-likeness (QED) is 0.377. The van der Waals surface area contributed by atoms with Crippen LogP contribution in [0.15, 0.2) is 47.6 Å². The van der Waals surface area contributed by atoms with E-state index in [2.05, 4.69) is 20.6 Å². The van der Waals surface area contributed by atoms with Crippen molar-refractivity contribution in [3.63, 3.8) is 0 Å². The zero-order valence-corrected chi connectivity index (χ0v) is 21.0. The van der Waals surface area contributed by atoms with Gasteiger partial charge < -0.3 is 15.5 Å². The van der Waals surface area contributed by atoms with Crippen LogP contribution < -0.4 is 20.3 Å². The first-order valence-electron chi connectivity index (χ1n) is 9.83. The minimum atomic E-state index is -4.41. The first-order chi connectivity index (χ1) is 15.6. The summed E-state index contributed by atoms with van der Waals surface area (Å²) in [6, 6.07) is 7.71. The molecular weight excluding hydrogens is 509 g/mol. The lowest BCUT2D eigenvalue weighted by molar-refractivity contribution is 0.570. The minimum absolute atomic E-state index is 0. The highest BCUT2D eigenvalue weighted by atomic mass is 35.5. The lowest BCUT2D eigenvalue weighted by atomic mass is 10.1. The number of sulfonamides is 1. The van der Waals surface area contributed by atoms with Crippen molar-refractivity contribution in [2.45, 2.75) is 11.8 Å². The monoisotopic (exact) mass is 532 g/mol. The lowest BCUT2D eigenvalue weighted by Gasteiger charge is -2.24. The highest BCUT2D eigenvalue weighted by Crippen LogP contribution is 2.34. The number of hydrogen-bond donors (Lipinski definition) is 3. The maximum absolute atomic E-state index is 14.8. The highest BCUT2D eigenvalue weighted by molar-refractivity contribution is 7.92. The Balaban J connectivity index is 0.00000408. The van der Waals surface area contributed by atoms with Gasteiger partial charge in [-0.1, -0.05) is 17.7 Å². The van der Waals surface area contributed by atoms with Crippen molar-refractivity contribution in [2.75, 3.05) is 42.1 Å². The first-order valence-corrected chi connectivity index (χ1v) is 11.7. The van der Waals surface area contributed by atoms with E-state index in [1.807, 2.05) is 48.8 Å². The van der Waals surface area contributed by atoms with Crippen LogP contribution in [0.25, 0.3) is 0 Å². The molecule has 1 aromatic heterocycles. The summed E-state index contributed by atoms with van der Waals surface area (Å²) in [6.45, 7) is 3.45. The Bertz CT molecular complexity index is 1250. The normalized spacial score (nSPS) is 11.0. The third kappa shape index (κ3) is 6.66. The standard InChI is InChI=1S/C21H23ClF2N6O2S.ClH/c1-13-4-5-17(19(8-13)30(3)7-6-25-2)28-18-10-16(24)20(9-15(18)22)33(31,32)29-21-26-11-14(23)12-27-21;/h4-5,8-12,25,28H,6-7H2,1-3H3,(H,26,27,29);1H. The summed E-state index contributed by atoms with van der Waals surface area (Å²) < 4.78 is 55.0. The average Bonchev–Trinajstić information content (AvgIpc) is 2.76. The van der Waals surface area contributed by atoms with Crippen molar-refractivity contribution in [1.82, 2.24) is 15.3 Å². The molecule has 0 saturated carbocycles. The van der Waals surface area contributed by atoms with Gasteiger partial charge in [-0.05, 0) is 37.7 Å². The summed E-state index contributed by atoms with van der Waals surface area (Å²) in [5.74, 6) is -2.17. The molecule has 0 fully saturated rings. The van der Waals surface area contributed by atoms with Gasteiger partial charge in [0.25, 0.3) is 10.0 Å². The van der Waals surface area contributed by atoms with Crippen molar-refractivity contribution >= 4 is 57.0 Å². The number of rotatable bonds is 9. The van der Waals surface area contributed by atoms with E-state index < -0.39 is 32.5 Å². The number of hydrogen-bond acceptors (Lipinski definition) is 7. The summed E-state index contributed by atoms with van der Waals surface area (Å²) >= 11 is 6.30. The molecule has 0 radical (unpaired) electrons. The molecule has 8 nitrogen and oxygen atoms in total. The molecule has 0 amide bonds. The van der Waals surface area contributed by atoms with Crippen LogP contribution in [-0.4, -0.2) is 45.6 Å². The largest absolute Gasteiger partial charge is 0.372 e. The summed E-state index contributed by atoms with van der Waals surface area (Å²) in [5.41, 5.74) is 2.78. The topological polar surface area (TPSA) is 99.2 Å². The van der Waals surface area contributed by atoms with Crippen LogP contribution in [0.4, 0.5) is 31.8 Å². The van der Waals surface area contributed by atoms with Gasteiger partial charge in [0.05, 0.1) is 34.5 Å². The van der Waals surface area contributed by atoms with Crippen LogP contribution in [0.1, 0.15) is 5.56 Å². The molecule has 1 heterocycles. The van der Waals surface area contributed by atoms with Crippen molar-refractivity contribution in [3.8, 4) is 0 Å². The molecule has 3 aromatic rings. The van der Waals surface area contributed by atoms with Crippen LogP contribution in [0.2, 0.25) is 5.02 Å². The summed E-state index contributed by atoms with van der Waals surface area (Å²) in [4.78, 5) is 8.37. The maximum atomic E-state index is 14.8. The SMILES string of the molecule is CNCCN(C)c1cc(C)ccc1Nc1cc(F)c(S(=O)(=O)Nc2ncc(F)cn2)cc1Cl.Cl. The fraction of sp³-hybridized carbons (Fsp3) is 0.238. The Morgan fingerprint density at radius 2 is 1.76 bits per heavy atom. The number of halogens is 4. The molecule has 3 N–H and O–H groups in total. The molecule has 13 heteroatoms. The molecule has 0 aliphatic heterocycles. The van der Waals surface area contributed by atoms with Gasteiger partial charge in [0, 0.05) is 26.2 Å². The Kier molecular flexibility index (Phi) is 9.39. The van der Waals surface area contributed by atoms with Crippen molar-refractivity contribution < 1.29 is 17.2 Å². The number of nitrogens with one attached hydrogen (secondary N) is 3. The van der Waals surface area contributed by atoms with E-state index in [1.165, 1.54) is 0 Å². The van der Waals surface area contributed by atoms with E-state index in [-0.39, 0.29) is 23.1 Å². The van der Waals surface area contributed by atoms with E-state index in [0.29, 0.717) is 5.69 Å². The fourth-order valence-electron chi connectivity index (χ4n) is 2.98. The van der Waals surface area contributed by atoms with Crippen molar-refractivity contribution in [1.29, 1.82) is 0 Å². The van der Waals surface area contributed by atoms with Gasteiger partial charge >= 0.3 is 0 Å². The number of benzene rings is 2. The summed E-state index contributed by atoms with van der Waals surface area (Å²) in [5, 5.41) is 6.16. The minimum Gasteiger partial charge on any atom is -0.372 e. The molecule has 0 spiro atoms. The molecule has 34 heavy (non-hydrogen) atoms. The van der Waals surface area contributed by atoms with Crippen LogP contribution >= 0.6 is 24.0 Å². The van der Waals surface area contributed by atoms with Crippen molar-refractivity contribution in [3.05, 3.63) is 64.9 Å². The molecule has 0 unspecified atom stereocenters. The van der Waals surface area contributed by atoms with Gasteiger partial charge in [0.1, 0.15) is 10.7 Å². The lowest BCUT2D eigenvalue weighted by Crippen LogP contribution is -2.27. The fourth-order valence-corrected chi connectivity index (χ4v) is 4.30. The van der Waals surface area contributed by atoms with Crippen LogP contribution in [0.5, 0.6) is 0 Å². The van der Waals surface area contributed by atoms with E-state index >= 15 is 0 Å². The molecule has 2 aromatic carbocycles. The Labute approximate surface area is 208 Å². The zero-order chi connectivity index (χ0) is 24.2. The second kappa shape index (κ2) is 11.6. The molecule has 0 saturated heterocycles. The Morgan fingerprint density at radius 1 is 1.09 bits per heavy atom. The van der Waals surface area contributed by atoms with Gasteiger partial charge in [0.15, 0.2) is 5.82 Å². The van der Waals surface area contributed by atoms with Gasteiger partial charge in [-0.25, -0.2) is 31.9 Å². The summed E-state index contributed by atoms with van der Waals surface area (Å²) in [7, 11) is -0.618. The number of aryl methyl sites for hydroxylation is 1. The van der Waals surface area contributed by atoms with Gasteiger partial charge in [0.2, 0.25) is 5.95 Å². The predicted molar refractivity (Wildman–Crippen MR) is 133 cm³/mol. The second-order valence-electron chi connectivity index (χ2n) is 7.26. The Hall–Kier alpha value is -2.73. The molecule has 0 atom stereocenters. The Morgan fingerprint density at radius 3 is 2.41 bits per heavy atom. The third-order valence-electron chi connectivity index (χ3n) is 4.69. The van der Waals surface area contributed by atoms with Crippen LogP contribution in [-0.2, 0) is 10.0 Å². The number of nitrogens with zero attached hydrogens (tertiary/aromatic N) is 3.